The highest BCUT2D eigenvalue weighted by Crippen LogP contribution is 2.33. The maximum atomic E-state index is 13.1. The van der Waals surface area contributed by atoms with E-state index >= 15 is 0 Å². The average molecular weight is 390 g/mol. The van der Waals surface area contributed by atoms with Crippen LogP contribution in [-0.4, -0.2) is 13.4 Å². The SMILES string of the molecule is Cc1ccc(-c2nc(S(=O)(=O)Nc3ccccc3)c(-c3ccccc3)o2)cc1. The molecule has 0 atom stereocenters. The molecule has 3 aromatic carbocycles. The van der Waals surface area contributed by atoms with Crippen LogP contribution in [0.15, 0.2) is 94.4 Å². The molecule has 0 aliphatic heterocycles. The average Bonchev–Trinajstić information content (AvgIpc) is 3.16. The fraction of sp³-hybridized carbons (Fsp3) is 0.0455. The number of aromatic nitrogens is 1. The Morgan fingerprint density at radius 2 is 1.39 bits per heavy atom. The van der Waals surface area contributed by atoms with Crippen molar-refractivity contribution in [1.29, 1.82) is 0 Å². The number of nitrogens with one attached hydrogen (secondary N) is 1. The summed E-state index contributed by atoms with van der Waals surface area (Å²) in [6.07, 6.45) is 0. The molecule has 1 N–H and O–H groups in total. The van der Waals surface area contributed by atoms with Crippen molar-refractivity contribution < 1.29 is 12.8 Å². The number of hydrogen-bond donors (Lipinski definition) is 1. The van der Waals surface area contributed by atoms with Crippen LogP contribution in [0, 0.1) is 6.92 Å². The van der Waals surface area contributed by atoms with Gasteiger partial charge in [-0.2, -0.15) is 13.4 Å². The molecule has 0 bridgehead atoms. The Morgan fingerprint density at radius 3 is 2.04 bits per heavy atom. The Labute approximate surface area is 163 Å². The van der Waals surface area contributed by atoms with Crippen LogP contribution < -0.4 is 4.72 Å². The Hall–Kier alpha value is -3.38. The monoisotopic (exact) mass is 390 g/mol. The van der Waals surface area contributed by atoms with Gasteiger partial charge in [0.15, 0.2) is 5.76 Å². The topological polar surface area (TPSA) is 72.2 Å². The number of sulfonamides is 1. The molecule has 0 saturated heterocycles. The Bertz CT molecular complexity index is 1180. The first-order chi connectivity index (χ1) is 13.5. The van der Waals surface area contributed by atoms with Crippen LogP contribution >= 0.6 is 0 Å². The second-order valence-electron chi connectivity index (χ2n) is 6.36. The van der Waals surface area contributed by atoms with Crippen LogP contribution in [0.4, 0.5) is 5.69 Å². The molecule has 0 aliphatic carbocycles. The summed E-state index contributed by atoms with van der Waals surface area (Å²) in [4.78, 5) is 4.34. The predicted molar refractivity (Wildman–Crippen MR) is 109 cm³/mol. The molecule has 4 rings (SSSR count). The third kappa shape index (κ3) is 3.68. The zero-order valence-corrected chi connectivity index (χ0v) is 16.0. The Morgan fingerprint density at radius 1 is 0.786 bits per heavy atom. The quantitative estimate of drug-likeness (QED) is 0.513. The summed E-state index contributed by atoms with van der Waals surface area (Å²) in [6, 6.07) is 25.4. The van der Waals surface area contributed by atoms with Crippen LogP contribution in [0.3, 0.4) is 0 Å². The highest BCUT2D eigenvalue weighted by molar-refractivity contribution is 7.92. The van der Waals surface area contributed by atoms with Crippen molar-refractivity contribution in [1.82, 2.24) is 4.98 Å². The molecule has 0 fully saturated rings. The lowest BCUT2D eigenvalue weighted by Crippen LogP contribution is -2.14. The Kier molecular flexibility index (Phi) is 4.71. The maximum Gasteiger partial charge on any atom is 0.283 e. The number of rotatable bonds is 5. The van der Waals surface area contributed by atoms with Crippen molar-refractivity contribution in [2.75, 3.05) is 4.72 Å². The molecule has 4 aromatic rings. The molecule has 28 heavy (non-hydrogen) atoms. The predicted octanol–water partition coefficient (Wildman–Crippen LogP) is 5.12. The third-order valence-corrected chi connectivity index (χ3v) is 5.50. The fourth-order valence-corrected chi connectivity index (χ4v) is 3.94. The van der Waals surface area contributed by atoms with Gasteiger partial charge in [-0.25, -0.2) is 0 Å². The van der Waals surface area contributed by atoms with Crippen LogP contribution in [0.25, 0.3) is 22.8 Å². The van der Waals surface area contributed by atoms with Crippen molar-refractivity contribution in [3.63, 3.8) is 0 Å². The van der Waals surface area contributed by atoms with Gasteiger partial charge < -0.3 is 4.42 Å². The number of nitrogens with zero attached hydrogens (tertiary/aromatic N) is 1. The van der Waals surface area contributed by atoms with E-state index in [9.17, 15) is 8.42 Å². The van der Waals surface area contributed by atoms with Crippen molar-refractivity contribution in [2.45, 2.75) is 11.9 Å². The number of hydrogen-bond acceptors (Lipinski definition) is 4. The van der Waals surface area contributed by atoms with Gasteiger partial charge in [-0.15, -0.1) is 0 Å². The normalized spacial score (nSPS) is 11.3. The van der Waals surface area contributed by atoms with Crippen molar-refractivity contribution in [3.05, 3.63) is 90.5 Å². The van der Waals surface area contributed by atoms with Crippen molar-refractivity contribution >= 4 is 15.7 Å². The smallest absolute Gasteiger partial charge is 0.283 e. The maximum absolute atomic E-state index is 13.1. The number of para-hydroxylation sites is 1. The lowest BCUT2D eigenvalue weighted by molar-refractivity contribution is 0.581. The molecule has 0 radical (unpaired) electrons. The van der Waals surface area contributed by atoms with E-state index in [0.717, 1.165) is 5.56 Å². The molecule has 0 unspecified atom stereocenters. The highest BCUT2D eigenvalue weighted by atomic mass is 32.2. The summed E-state index contributed by atoms with van der Waals surface area (Å²) >= 11 is 0. The van der Waals surface area contributed by atoms with Crippen LogP contribution in [0.2, 0.25) is 0 Å². The van der Waals surface area contributed by atoms with Gasteiger partial charge in [-0.1, -0.05) is 66.2 Å². The van der Waals surface area contributed by atoms with Crippen molar-refractivity contribution in [2.24, 2.45) is 0 Å². The van der Waals surface area contributed by atoms with E-state index < -0.39 is 10.0 Å². The summed E-state index contributed by atoms with van der Waals surface area (Å²) in [5.41, 5.74) is 2.91. The van der Waals surface area contributed by atoms with Gasteiger partial charge in [0.05, 0.1) is 0 Å². The summed E-state index contributed by atoms with van der Waals surface area (Å²) in [7, 11) is -3.94. The van der Waals surface area contributed by atoms with Crippen LogP contribution in [0.5, 0.6) is 0 Å². The van der Waals surface area contributed by atoms with E-state index in [1.807, 2.05) is 55.5 Å². The van der Waals surface area contributed by atoms with Gasteiger partial charge >= 0.3 is 0 Å². The second-order valence-corrected chi connectivity index (χ2v) is 7.95. The molecule has 1 aromatic heterocycles. The van der Waals surface area contributed by atoms with Gasteiger partial charge in [0.25, 0.3) is 10.0 Å². The molecule has 6 heteroatoms. The van der Waals surface area contributed by atoms with E-state index in [1.165, 1.54) is 0 Å². The van der Waals surface area contributed by atoms with E-state index in [2.05, 4.69) is 9.71 Å². The zero-order valence-electron chi connectivity index (χ0n) is 15.2. The molecule has 1 heterocycles. The highest BCUT2D eigenvalue weighted by Gasteiger charge is 2.27. The zero-order chi connectivity index (χ0) is 19.6. The summed E-state index contributed by atoms with van der Waals surface area (Å²) in [6.45, 7) is 1.98. The van der Waals surface area contributed by atoms with Gasteiger partial charge in [0.1, 0.15) is 0 Å². The Balaban J connectivity index is 1.84. The third-order valence-electron chi connectivity index (χ3n) is 4.21. The second kappa shape index (κ2) is 7.32. The minimum absolute atomic E-state index is 0.141. The molecule has 0 saturated carbocycles. The number of anilines is 1. The molecular weight excluding hydrogens is 372 g/mol. The standard InChI is InChI=1S/C22H18N2O3S/c1-16-12-14-18(15-13-16)21-23-22(20(27-21)17-8-4-2-5-9-17)28(25,26)24-19-10-6-3-7-11-19/h2-15,24H,1H3. The van der Waals surface area contributed by atoms with Crippen LogP contribution in [0.1, 0.15) is 5.56 Å². The minimum Gasteiger partial charge on any atom is -0.435 e. The van der Waals surface area contributed by atoms with E-state index in [0.29, 0.717) is 16.8 Å². The molecular formula is C22H18N2O3S. The summed E-state index contributed by atoms with van der Waals surface area (Å²) in [5, 5.41) is -0.141. The summed E-state index contributed by atoms with van der Waals surface area (Å²) < 4.78 is 34.6. The van der Waals surface area contributed by atoms with E-state index in [-0.39, 0.29) is 16.7 Å². The van der Waals surface area contributed by atoms with Gasteiger partial charge in [0.2, 0.25) is 10.9 Å². The first-order valence-electron chi connectivity index (χ1n) is 8.74. The van der Waals surface area contributed by atoms with E-state index in [4.69, 9.17) is 4.42 Å². The lowest BCUT2D eigenvalue weighted by Gasteiger charge is -2.06. The number of oxazole rings is 1. The lowest BCUT2D eigenvalue weighted by atomic mass is 10.1. The van der Waals surface area contributed by atoms with Crippen molar-refractivity contribution in [3.8, 4) is 22.8 Å². The molecule has 0 amide bonds. The summed E-state index contributed by atoms with van der Waals surface area (Å²) in [5.74, 6) is 0.465. The molecule has 140 valence electrons. The van der Waals surface area contributed by atoms with E-state index in [1.54, 1.807) is 36.4 Å². The molecule has 5 nitrogen and oxygen atoms in total. The number of benzene rings is 3. The largest absolute Gasteiger partial charge is 0.435 e. The van der Waals surface area contributed by atoms with Gasteiger partial charge in [-0.3, -0.25) is 4.72 Å². The number of aryl methyl sites for hydroxylation is 1. The van der Waals surface area contributed by atoms with Gasteiger partial charge in [-0.05, 0) is 31.2 Å². The first kappa shape index (κ1) is 18.0. The van der Waals surface area contributed by atoms with Gasteiger partial charge in [0, 0.05) is 16.8 Å². The first-order valence-corrected chi connectivity index (χ1v) is 10.2. The minimum atomic E-state index is -3.94. The van der Waals surface area contributed by atoms with Crippen LogP contribution in [-0.2, 0) is 10.0 Å². The molecule has 0 spiro atoms. The fourth-order valence-electron chi connectivity index (χ4n) is 2.79. The molecule has 0 aliphatic rings.